The SMILES string of the molecule is CC(NC(=O)Cc1ccc(F)cc1)C1CCCNC1.Cl. The maximum atomic E-state index is 12.8. The Morgan fingerprint density at radius 1 is 1.45 bits per heavy atom. The van der Waals surface area contributed by atoms with Crippen LogP contribution < -0.4 is 10.6 Å². The van der Waals surface area contributed by atoms with Crippen LogP contribution in [0.4, 0.5) is 4.39 Å². The van der Waals surface area contributed by atoms with Crippen molar-refractivity contribution in [3.8, 4) is 0 Å². The molecule has 2 N–H and O–H groups in total. The van der Waals surface area contributed by atoms with E-state index in [9.17, 15) is 9.18 Å². The lowest BCUT2D eigenvalue weighted by atomic mass is 9.92. The number of hydrogen-bond donors (Lipinski definition) is 2. The number of nitrogens with one attached hydrogen (secondary N) is 2. The third-order valence-electron chi connectivity index (χ3n) is 3.71. The van der Waals surface area contributed by atoms with Crippen LogP contribution in [-0.2, 0) is 11.2 Å². The Morgan fingerprint density at radius 3 is 2.75 bits per heavy atom. The zero-order valence-electron chi connectivity index (χ0n) is 11.7. The Kier molecular flexibility index (Phi) is 6.96. The van der Waals surface area contributed by atoms with Crippen molar-refractivity contribution in [1.29, 1.82) is 0 Å². The summed E-state index contributed by atoms with van der Waals surface area (Å²) in [5.74, 6) is 0.237. The van der Waals surface area contributed by atoms with Crippen molar-refractivity contribution in [2.75, 3.05) is 13.1 Å². The lowest BCUT2D eigenvalue weighted by molar-refractivity contribution is -0.121. The van der Waals surface area contributed by atoms with E-state index in [0.717, 1.165) is 25.1 Å². The van der Waals surface area contributed by atoms with E-state index in [1.807, 2.05) is 0 Å². The first kappa shape index (κ1) is 16.9. The molecule has 1 aliphatic heterocycles. The molecule has 3 nitrogen and oxygen atoms in total. The second-order valence-corrected chi connectivity index (χ2v) is 5.27. The topological polar surface area (TPSA) is 41.1 Å². The zero-order valence-corrected chi connectivity index (χ0v) is 12.5. The van der Waals surface area contributed by atoms with Crippen LogP contribution in [-0.4, -0.2) is 25.0 Å². The molecule has 1 fully saturated rings. The predicted molar refractivity (Wildman–Crippen MR) is 80.6 cm³/mol. The molecule has 112 valence electrons. The van der Waals surface area contributed by atoms with E-state index in [4.69, 9.17) is 0 Å². The van der Waals surface area contributed by atoms with Gasteiger partial charge in [-0.1, -0.05) is 12.1 Å². The number of carbonyl (C=O) groups excluding carboxylic acids is 1. The molecule has 1 saturated heterocycles. The highest BCUT2D eigenvalue weighted by Crippen LogP contribution is 2.14. The standard InChI is InChI=1S/C15H21FN2O.ClH/c1-11(13-3-2-8-17-10-13)18-15(19)9-12-4-6-14(16)7-5-12;/h4-7,11,13,17H,2-3,8-10H2,1H3,(H,18,19);1H. The molecular weight excluding hydrogens is 279 g/mol. The van der Waals surface area contributed by atoms with Crippen LogP contribution in [0.25, 0.3) is 0 Å². The van der Waals surface area contributed by atoms with Crippen molar-refractivity contribution >= 4 is 18.3 Å². The molecule has 2 rings (SSSR count). The minimum Gasteiger partial charge on any atom is -0.353 e. The van der Waals surface area contributed by atoms with Gasteiger partial charge in [0.2, 0.25) is 5.91 Å². The van der Waals surface area contributed by atoms with Gasteiger partial charge in [-0.15, -0.1) is 12.4 Å². The van der Waals surface area contributed by atoms with E-state index in [-0.39, 0.29) is 30.2 Å². The van der Waals surface area contributed by atoms with Crippen molar-refractivity contribution in [3.05, 3.63) is 35.6 Å². The van der Waals surface area contributed by atoms with Gasteiger partial charge in [-0.3, -0.25) is 4.79 Å². The smallest absolute Gasteiger partial charge is 0.224 e. The quantitative estimate of drug-likeness (QED) is 0.896. The van der Waals surface area contributed by atoms with Crippen LogP contribution in [0.5, 0.6) is 0 Å². The number of benzene rings is 1. The van der Waals surface area contributed by atoms with Crippen molar-refractivity contribution in [3.63, 3.8) is 0 Å². The summed E-state index contributed by atoms with van der Waals surface area (Å²) in [7, 11) is 0. The van der Waals surface area contributed by atoms with E-state index in [1.54, 1.807) is 12.1 Å². The number of rotatable bonds is 4. The molecule has 2 unspecified atom stereocenters. The fraction of sp³-hybridized carbons (Fsp3) is 0.533. The molecule has 0 aliphatic carbocycles. The Morgan fingerprint density at radius 2 is 2.15 bits per heavy atom. The molecule has 1 amide bonds. The van der Waals surface area contributed by atoms with Crippen molar-refractivity contribution in [2.24, 2.45) is 5.92 Å². The summed E-state index contributed by atoms with van der Waals surface area (Å²) in [6.07, 6.45) is 2.64. The molecule has 0 saturated carbocycles. The van der Waals surface area contributed by atoms with Crippen LogP contribution in [0, 0.1) is 11.7 Å². The highest BCUT2D eigenvalue weighted by Gasteiger charge is 2.21. The summed E-state index contributed by atoms with van der Waals surface area (Å²) in [6, 6.07) is 6.26. The van der Waals surface area contributed by atoms with E-state index < -0.39 is 0 Å². The third kappa shape index (κ3) is 5.10. The van der Waals surface area contributed by atoms with Gasteiger partial charge >= 0.3 is 0 Å². The van der Waals surface area contributed by atoms with Gasteiger partial charge in [-0.2, -0.15) is 0 Å². The van der Waals surface area contributed by atoms with Crippen molar-refractivity contribution in [2.45, 2.75) is 32.2 Å². The molecule has 1 heterocycles. The molecule has 1 aliphatic rings. The molecule has 20 heavy (non-hydrogen) atoms. The van der Waals surface area contributed by atoms with E-state index in [0.29, 0.717) is 12.3 Å². The van der Waals surface area contributed by atoms with Crippen LogP contribution in [0.2, 0.25) is 0 Å². The number of carbonyl (C=O) groups is 1. The lowest BCUT2D eigenvalue weighted by Crippen LogP contribution is -2.45. The third-order valence-corrected chi connectivity index (χ3v) is 3.71. The molecule has 1 aromatic carbocycles. The molecule has 0 bridgehead atoms. The monoisotopic (exact) mass is 300 g/mol. The highest BCUT2D eigenvalue weighted by molar-refractivity contribution is 5.85. The molecule has 0 aromatic heterocycles. The normalized spacial score (nSPS) is 19.8. The minimum absolute atomic E-state index is 0. The average molecular weight is 301 g/mol. The van der Waals surface area contributed by atoms with Gasteiger partial charge in [0.05, 0.1) is 6.42 Å². The Hall–Kier alpha value is -1.13. The molecular formula is C15H22ClFN2O. The van der Waals surface area contributed by atoms with Gasteiger partial charge < -0.3 is 10.6 Å². The van der Waals surface area contributed by atoms with Gasteiger partial charge in [-0.25, -0.2) is 4.39 Å². The Balaban J connectivity index is 0.00000200. The second kappa shape index (κ2) is 8.22. The predicted octanol–water partition coefficient (Wildman–Crippen LogP) is 2.29. The average Bonchev–Trinajstić information content (AvgIpc) is 2.42. The van der Waals surface area contributed by atoms with E-state index in [1.165, 1.54) is 18.6 Å². The maximum absolute atomic E-state index is 12.8. The summed E-state index contributed by atoms with van der Waals surface area (Å²) >= 11 is 0. The molecule has 2 atom stereocenters. The van der Waals surface area contributed by atoms with Crippen LogP contribution >= 0.6 is 12.4 Å². The summed E-state index contributed by atoms with van der Waals surface area (Å²) < 4.78 is 12.8. The summed E-state index contributed by atoms with van der Waals surface area (Å²) in [5, 5.41) is 6.39. The molecule has 0 spiro atoms. The number of hydrogen-bond acceptors (Lipinski definition) is 2. The maximum Gasteiger partial charge on any atom is 0.224 e. The summed E-state index contributed by atoms with van der Waals surface area (Å²) in [5.41, 5.74) is 0.841. The number of piperidine rings is 1. The van der Waals surface area contributed by atoms with Gasteiger partial charge in [0, 0.05) is 6.04 Å². The second-order valence-electron chi connectivity index (χ2n) is 5.27. The Labute approximate surface area is 125 Å². The molecule has 0 radical (unpaired) electrons. The summed E-state index contributed by atoms with van der Waals surface area (Å²) in [4.78, 5) is 11.9. The van der Waals surface area contributed by atoms with Gasteiger partial charge in [0.15, 0.2) is 0 Å². The summed E-state index contributed by atoms with van der Waals surface area (Å²) in [6.45, 7) is 4.10. The van der Waals surface area contributed by atoms with Gasteiger partial charge in [0.1, 0.15) is 5.82 Å². The Bertz CT molecular complexity index is 418. The zero-order chi connectivity index (χ0) is 13.7. The van der Waals surface area contributed by atoms with Gasteiger partial charge in [0.25, 0.3) is 0 Å². The van der Waals surface area contributed by atoms with E-state index in [2.05, 4.69) is 17.6 Å². The first-order valence-corrected chi connectivity index (χ1v) is 6.89. The lowest BCUT2D eigenvalue weighted by Gasteiger charge is -2.29. The van der Waals surface area contributed by atoms with Gasteiger partial charge in [-0.05, 0) is 56.5 Å². The van der Waals surface area contributed by atoms with Crippen LogP contribution in [0.3, 0.4) is 0 Å². The van der Waals surface area contributed by atoms with Crippen LogP contribution in [0.15, 0.2) is 24.3 Å². The largest absolute Gasteiger partial charge is 0.353 e. The minimum atomic E-state index is -0.272. The first-order valence-electron chi connectivity index (χ1n) is 6.89. The fourth-order valence-corrected chi connectivity index (χ4v) is 2.52. The molecule has 1 aromatic rings. The van der Waals surface area contributed by atoms with Crippen molar-refractivity contribution in [1.82, 2.24) is 10.6 Å². The number of halogens is 2. The van der Waals surface area contributed by atoms with E-state index >= 15 is 0 Å². The number of amides is 1. The fourth-order valence-electron chi connectivity index (χ4n) is 2.52. The van der Waals surface area contributed by atoms with Crippen LogP contribution in [0.1, 0.15) is 25.3 Å². The van der Waals surface area contributed by atoms with Crippen molar-refractivity contribution < 1.29 is 9.18 Å². The molecule has 5 heteroatoms. The first-order chi connectivity index (χ1) is 9.15. The highest BCUT2D eigenvalue weighted by atomic mass is 35.5.